The molecule has 4 rings (SSSR count). The van der Waals surface area contributed by atoms with Crippen molar-refractivity contribution in [2.24, 2.45) is 0 Å². The van der Waals surface area contributed by atoms with Crippen LogP contribution in [0.2, 0.25) is 5.02 Å². The van der Waals surface area contributed by atoms with Gasteiger partial charge in [-0.15, -0.1) is 0 Å². The molecule has 0 unspecified atom stereocenters. The Labute approximate surface area is 158 Å². The van der Waals surface area contributed by atoms with Gasteiger partial charge in [-0.3, -0.25) is 9.00 Å². The van der Waals surface area contributed by atoms with Crippen LogP contribution in [0.25, 0.3) is 5.69 Å². The van der Waals surface area contributed by atoms with E-state index in [-0.39, 0.29) is 5.91 Å². The van der Waals surface area contributed by atoms with Crippen LogP contribution in [0.5, 0.6) is 0 Å². The number of nitrogens with zero attached hydrogens (tertiary/aromatic N) is 2. The lowest BCUT2D eigenvalue weighted by molar-refractivity contribution is 0.102. The molecule has 26 heavy (non-hydrogen) atoms. The summed E-state index contributed by atoms with van der Waals surface area (Å²) in [6.45, 7) is 2.01. The molecular weight excluding hydrogens is 370 g/mol. The second-order valence-electron chi connectivity index (χ2n) is 6.18. The van der Waals surface area contributed by atoms with Crippen molar-refractivity contribution in [1.82, 2.24) is 9.78 Å². The zero-order valence-corrected chi connectivity index (χ0v) is 15.6. The Hall–Kier alpha value is -2.44. The highest BCUT2D eigenvalue weighted by Gasteiger charge is 2.28. The van der Waals surface area contributed by atoms with E-state index in [1.54, 1.807) is 28.9 Å². The van der Waals surface area contributed by atoms with Crippen molar-refractivity contribution in [2.75, 3.05) is 5.32 Å². The first-order chi connectivity index (χ1) is 12.5. The topological polar surface area (TPSA) is 64.0 Å². The zero-order chi connectivity index (χ0) is 18.3. The van der Waals surface area contributed by atoms with Crippen molar-refractivity contribution < 1.29 is 9.00 Å². The first kappa shape index (κ1) is 17.0. The fraction of sp³-hybridized carbons (Fsp3) is 0.158. The van der Waals surface area contributed by atoms with Crippen LogP contribution in [-0.4, -0.2) is 19.9 Å². The molecule has 2 heterocycles. The number of amides is 1. The van der Waals surface area contributed by atoms with E-state index in [4.69, 9.17) is 11.6 Å². The minimum absolute atomic E-state index is 0.315. The lowest BCUT2D eigenvalue weighted by Crippen LogP contribution is -2.17. The molecule has 1 aliphatic heterocycles. The smallest absolute Gasteiger partial charge is 0.258 e. The number of aromatic nitrogens is 2. The zero-order valence-electron chi connectivity index (χ0n) is 14.0. The summed E-state index contributed by atoms with van der Waals surface area (Å²) >= 11 is 6.14. The monoisotopic (exact) mass is 385 g/mol. The normalized spacial score (nSPS) is 15.7. The average Bonchev–Trinajstić information content (AvgIpc) is 3.13. The van der Waals surface area contributed by atoms with Crippen molar-refractivity contribution in [3.63, 3.8) is 0 Å². The lowest BCUT2D eigenvalue weighted by Gasteiger charge is -2.12. The Kier molecular flexibility index (Phi) is 4.38. The number of benzene rings is 2. The SMILES string of the molecule is Cc1ccc(-n2nc3c(c2NC(=O)c2ccccc2Cl)C[S@@](=O)C3)cc1. The van der Waals surface area contributed by atoms with E-state index in [0.717, 1.165) is 22.5 Å². The minimum Gasteiger partial charge on any atom is -0.306 e. The second-order valence-corrected chi connectivity index (χ2v) is 8.05. The summed E-state index contributed by atoms with van der Waals surface area (Å²) in [6, 6.07) is 14.7. The number of carbonyl (C=O) groups excluding carboxylic acids is 1. The molecule has 1 aliphatic rings. The maximum Gasteiger partial charge on any atom is 0.258 e. The van der Waals surface area contributed by atoms with Crippen molar-refractivity contribution >= 4 is 34.1 Å². The fourth-order valence-corrected chi connectivity index (χ4v) is 4.44. The third-order valence-electron chi connectivity index (χ3n) is 4.30. The van der Waals surface area contributed by atoms with Gasteiger partial charge in [0.1, 0.15) is 5.82 Å². The number of hydrogen-bond donors (Lipinski definition) is 1. The number of aryl methyl sites for hydroxylation is 1. The Morgan fingerprint density at radius 1 is 1.15 bits per heavy atom. The molecule has 0 saturated heterocycles. The maximum absolute atomic E-state index is 12.7. The number of fused-ring (bicyclic) bond motifs is 1. The van der Waals surface area contributed by atoms with Gasteiger partial charge in [0, 0.05) is 16.4 Å². The number of carbonyl (C=O) groups is 1. The van der Waals surface area contributed by atoms with Crippen LogP contribution < -0.4 is 5.32 Å². The number of hydrogen-bond acceptors (Lipinski definition) is 3. The molecule has 2 aromatic carbocycles. The van der Waals surface area contributed by atoms with E-state index < -0.39 is 10.8 Å². The molecule has 3 aromatic rings. The van der Waals surface area contributed by atoms with E-state index in [1.807, 2.05) is 31.2 Å². The Balaban J connectivity index is 1.77. The van der Waals surface area contributed by atoms with E-state index in [9.17, 15) is 9.00 Å². The van der Waals surface area contributed by atoms with Crippen LogP contribution in [0.3, 0.4) is 0 Å². The standard InChI is InChI=1S/C19H16ClN3O2S/c1-12-6-8-13(9-7-12)23-18(15-10-26(25)11-17(15)22-23)21-19(24)14-4-2-3-5-16(14)20/h2-9H,10-11H2,1H3,(H,21,24)/t26-/m1/s1. The van der Waals surface area contributed by atoms with Gasteiger partial charge in [0.25, 0.3) is 5.91 Å². The van der Waals surface area contributed by atoms with E-state index in [1.165, 1.54) is 0 Å². The summed E-state index contributed by atoms with van der Waals surface area (Å²) in [5.74, 6) is 1.03. The largest absolute Gasteiger partial charge is 0.306 e. The number of nitrogens with one attached hydrogen (secondary N) is 1. The number of rotatable bonds is 3. The highest BCUT2D eigenvalue weighted by atomic mass is 35.5. The lowest BCUT2D eigenvalue weighted by atomic mass is 10.2. The Morgan fingerprint density at radius 2 is 1.88 bits per heavy atom. The molecule has 1 atom stereocenters. The predicted molar refractivity (Wildman–Crippen MR) is 103 cm³/mol. The van der Waals surface area contributed by atoms with Crippen molar-refractivity contribution in [3.05, 3.63) is 75.9 Å². The van der Waals surface area contributed by atoms with E-state index in [0.29, 0.717) is 27.9 Å². The van der Waals surface area contributed by atoms with Gasteiger partial charge in [0.15, 0.2) is 0 Å². The highest BCUT2D eigenvalue weighted by molar-refractivity contribution is 7.83. The summed E-state index contributed by atoms with van der Waals surface area (Å²) in [6.07, 6.45) is 0. The molecule has 0 saturated carbocycles. The van der Waals surface area contributed by atoms with E-state index >= 15 is 0 Å². The van der Waals surface area contributed by atoms with Gasteiger partial charge in [-0.1, -0.05) is 41.4 Å². The van der Waals surface area contributed by atoms with Crippen LogP contribution in [0, 0.1) is 6.92 Å². The van der Waals surface area contributed by atoms with E-state index in [2.05, 4.69) is 10.4 Å². The summed E-state index contributed by atoms with van der Waals surface area (Å²) in [5, 5.41) is 7.89. The Bertz CT molecular complexity index is 1030. The number of halogens is 1. The summed E-state index contributed by atoms with van der Waals surface area (Å²) in [5.41, 5.74) is 3.95. The molecule has 1 amide bonds. The second kappa shape index (κ2) is 6.70. The van der Waals surface area contributed by atoms with Gasteiger partial charge in [-0.25, -0.2) is 4.68 Å². The first-order valence-electron chi connectivity index (χ1n) is 8.11. The fourth-order valence-electron chi connectivity index (χ4n) is 2.95. The number of anilines is 1. The van der Waals surface area contributed by atoms with Crippen LogP contribution in [-0.2, 0) is 22.3 Å². The van der Waals surface area contributed by atoms with Gasteiger partial charge in [-0.05, 0) is 31.2 Å². The van der Waals surface area contributed by atoms with Crippen molar-refractivity contribution in [3.8, 4) is 5.69 Å². The highest BCUT2D eigenvalue weighted by Crippen LogP contribution is 2.32. The molecule has 0 fully saturated rings. The molecule has 5 nitrogen and oxygen atoms in total. The molecule has 1 aromatic heterocycles. The van der Waals surface area contributed by atoms with Gasteiger partial charge in [0.2, 0.25) is 0 Å². The molecule has 132 valence electrons. The van der Waals surface area contributed by atoms with Gasteiger partial charge >= 0.3 is 0 Å². The summed E-state index contributed by atoms with van der Waals surface area (Å²) < 4.78 is 13.6. The molecule has 1 N–H and O–H groups in total. The molecule has 0 spiro atoms. The quantitative estimate of drug-likeness (QED) is 0.744. The third kappa shape index (κ3) is 3.06. The van der Waals surface area contributed by atoms with Gasteiger partial charge < -0.3 is 5.32 Å². The third-order valence-corrected chi connectivity index (χ3v) is 5.83. The summed E-state index contributed by atoms with van der Waals surface area (Å²) in [4.78, 5) is 12.7. The molecule has 0 radical (unpaired) electrons. The molecule has 0 aliphatic carbocycles. The maximum atomic E-state index is 12.7. The average molecular weight is 386 g/mol. The molecular formula is C19H16ClN3O2S. The van der Waals surface area contributed by atoms with Crippen LogP contribution in [0.1, 0.15) is 27.2 Å². The van der Waals surface area contributed by atoms with Crippen LogP contribution >= 0.6 is 11.6 Å². The summed E-state index contributed by atoms with van der Waals surface area (Å²) in [7, 11) is -0.984. The van der Waals surface area contributed by atoms with Gasteiger partial charge in [-0.2, -0.15) is 5.10 Å². The van der Waals surface area contributed by atoms with Gasteiger partial charge in [0.05, 0.1) is 33.5 Å². The molecule has 0 bridgehead atoms. The first-order valence-corrected chi connectivity index (χ1v) is 9.98. The van der Waals surface area contributed by atoms with Crippen molar-refractivity contribution in [1.29, 1.82) is 0 Å². The van der Waals surface area contributed by atoms with Crippen LogP contribution in [0.4, 0.5) is 5.82 Å². The van der Waals surface area contributed by atoms with Crippen molar-refractivity contribution in [2.45, 2.75) is 18.4 Å². The van der Waals surface area contributed by atoms with Crippen LogP contribution in [0.15, 0.2) is 48.5 Å². The predicted octanol–water partition coefficient (Wildman–Crippen LogP) is 3.85. The molecule has 7 heteroatoms. The minimum atomic E-state index is -0.984. The Morgan fingerprint density at radius 3 is 2.62 bits per heavy atom.